The smallest absolute Gasteiger partial charge is 0.0719 e. The summed E-state index contributed by atoms with van der Waals surface area (Å²) in [6.45, 7) is 5.78. The van der Waals surface area contributed by atoms with Crippen molar-refractivity contribution in [2.75, 3.05) is 0 Å². The van der Waals surface area contributed by atoms with Crippen LogP contribution in [0.4, 0.5) is 0 Å². The van der Waals surface area contributed by atoms with E-state index in [-0.39, 0.29) is 6.10 Å². The SMILES string of the molecule is CC/C=C(/C)[C@@H](C)O. The molecule has 0 aromatic carbocycles. The molecule has 0 aromatic heterocycles. The predicted molar refractivity (Wildman–Crippen MR) is 35.7 cm³/mol. The van der Waals surface area contributed by atoms with E-state index in [1.807, 2.05) is 13.0 Å². The van der Waals surface area contributed by atoms with Gasteiger partial charge in [-0.25, -0.2) is 0 Å². The Bertz CT molecular complexity index is 82.4. The molecule has 0 aliphatic rings. The summed E-state index contributed by atoms with van der Waals surface area (Å²) in [7, 11) is 0. The molecule has 0 aliphatic carbocycles. The van der Waals surface area contributed by atoms with Gasteiger partial charge in [0.15, 0.2) is 0 Å². The van der Waals surface area contributed by atoms with E-state index in [4.69, 9.17) is 5.11 Å². The first-order valence-corrected chi connectivity index (χ1v) is 3.03. The Morgan fingerprint density at radius 2 is 2.25 bits per heavy atom. The number of hydrogen-bond donors (Lipinski definition) is 1. The minimum atomic E-state index is -0.269. The maximum atomic E-state index is 8.88. The lowest BCUT2D eigenvalue weighted by Crippen LogP contribution is -1.99. The van der Waals surface area contributed by atoms with E-state index in [0.29, 0.717) is 0 Å². The van der Waals surface area contributed by atoms with Crippen molar-refractivity contribution in [3.63, 3.8) is 0 Å². The van der Waals surface area contributed by atoms with E-state index in [1.54, 1.807) is 6.92 Å². The Kier molecular flexibility index (Phi) is 3.53. The molecule has 0 unspecified atom stereocenters. The van der Waals surface area contributed by atoms with Gasteiger partial charge in [0.05, 0.1) is 6.10 Å². The van der Waals surface area contributed by atoms with Crippen LogP contribution in [0.1, 0.15) is 27.2 Å². The Hall–Kier alpha value is -0.300. The zero-order valence-electron chi connectivity index (χ0n) is 5.81. The molecule has 0 saturated carbocycles. The predicted octanol–water partition coefficient (Wildman–Crippen LogP) is 1.72. The minimum Gasteiger partial charge on any atom is -0.389 e. The van der Waals surface area contributed by atoms with Gasteiger partial charge in [-0.2, -0.15) is 0 Å². The van der Waals surface area contributed by atoms with Gasteiger partial charge in [-0.05, 0) is 25.8 Å². The van der Waals surface area contributed by atoms with Crippen LogP contribution >= 0.6 is 0 Å². The molecule has 48 valence electrons. The van der Waals surface area contributed by atoms with Gasteiger partial charge in [-0.3, -0.25) is 0 Å². The van der Waals surface area contributed by atoms with E-state index in [1.165, 1.54) is 0 Å². The number of allylic oxidation sites excluding steroid dienone is 1. The molecule has 8 heavy (non-hydrogen) atoms. The lowest BCUT2D eigenvalue weighted by molar-refractivity contribution is 0.231. The van der Waals surface area contributed by atoms with Crippen molar-refractivity contribution < 1.29 is 5.11 Å². The summed E-state index contributed by atoms with van der Waals surface area (Å²) in [5.41, 5.74) is 1.06. The summed E-state index contributed by atoms with van der Waals surface area (Å²) in [4.78, 5) is 0. The Morgan fingerprint density at radius 1 is 1.75 bits per heavy atom. The number of aliphatic hydroxyl groups is 1. The van der Waals surface area contributed by atoms with E-state index in [0.717, 1.165) is 12.0 Å². The maximum Gasteiger partial charge on any atom is 0.0719 e. The monoisotopic (exact) mass is 114 g/mol. The lowest BCUT2D eigenvalue weighted by Gasteiger charge is -2.01. The molecule has 0 spiro atoms. The Labute approximate surface area is 51.0 Å². The van der Waals surface area contributed by atoms with Crippen molar-refractivity contribution >= 4 is 0 Å². The van der Waals surface area contributed by atoms with E-state index < -0.39 is 0 Å². The van der Waals surface area contributed by atoms with Crippen molar-refractivity contribution in [2.45, 2.75) is 33.3 Å². The van der Waals surface area contributed by atoms with Gasteiger partial charge in [-0.1, -0.05) is 13.0 Å². The molecule has 0 heterocycles. The Balaban J connectivity index is 3.61. The van der Waals surface area contributed by atoms with Crippen LogP contribution in [0.3, 0.4) is 0 Å². The second-order valence-electron chi connectivity index (χ2n) is 2.03. The maximum absolute atomic E-state index is 8.88. The van der Waals surface area contributed by atoms with Crippen LogP contribution in [0.25, 0.3) is 0 Å². The zero-order valence-corrected chi connectivity index (χ0v) is 5.81. The van der Waals surface area contributed by atoms with Gasteiger partial charge in [0.2, 0.25) is 0 Å². The van der Waals surface area contributed by atoms with Crippen molar-refractivity contribution in [3.8, 4) is 0 Å². The summed E-state index contributed by atoms with van der Waals surface area (Å²) in [6.07, 6.45) is 2.77. The highest BCUT2D eigenvalue weighted by atomic mass is 16.3. The van der Waals surface area contributed by atoms with Crippen LogP contribution in [-0.4, -0.2) is 11.2 Å². The van der Waals surface area contributed by atoms with E-state index >= 15 is 0 Å². The van der Waals surface area contributed by atoms with Gasteiger partial charge in [-0.15, -0.1) is 0 Å². The minimum absolute atomic E-state index is 0.269. The van der Waals surface area contributed by atoms with Crippen molar-refractivity contribution in [2.24, 2.45) is 0 Å². The molecule has 1 heteroatoms. The van der Waals surface area contributed by atoms with Gasteiger partial charge in [0.25, 0.3) is 0 Å². The van der Waals surface area contributed by atoms with Crippen LogP contribution in [-0.2, 0) is 0 Å². The normalized spacial score (nSPS) is 16.2. The highest BCUT2D eigenvalue weighted by Gasteiger charge is 1.93. The first kappa shape index (κ1) is 7.70. The summed E-state index contributed by atoms with van der Waals surface area (Å²) < 4.78 is 0. The van der Waals surface area contributed by atoms with Crippen molar-refractivity contribution in [3.05, 3.63) is 11.6 Å². The van der Waals surface area contributed by atoms with Crippen LogP contribution < -0.4 is 0 Å². The molecular formula is C7H14O. The third kappa shape index (κ3) is 2.80. The third-order valence-electron chi connectivity index (χ3n) is 1.19. The molecule has 0 radical (unpaired) electrons. The fraction of sp³-hybridized carbons (Fsp3) is 0.714. The van der Waals surface area contributed by atoms with Crippen LogP contribution in [0, 0.1) is 0 Å². The second kappa shape index (κ2) is 3.67. The molecule has 0 amide bonds. The number of rotatable bonds is 2. The van der Waals surface area contributed by atoms with Crippen molar-refractivity contribution in [1.82, 2.24) is 0 Å². The van der Waals surface area contributed by atoms with Gasteiger partial charge < -0.3 is 5.11 Å². The van der Waals surface area contributed by atoms with Crippen LogP contribution in [0.2, 0.25) is 0 Å². The second-order valence-corrected chi connectivity index (χ2v) is 2.03. The van der Waals surface area contributed by atoms with Crippen LogP contribution in [0.5, 0.6) is 0 Å². The molecule has 1 atom stereocenters. The third-order valence-corrected chi connectivity index (χ3v) is 1.19. The molecule has 1 N–H and O–H groups in total. The molecule has 0 saturated heterocycles. The molecule has 1 nitrogen and oxygen atoms in total. The molecular weight excluding hydrogens is 100 g/mol. The summed E-state index contributed by atoms with van der Waals surface area (Å²) in [5.74, 6) is 0. The van der Waals surface area contributed by atoms with Crippen molar-refractivity contribution in [1.29, 1.82) is 0 Å². The van der Waals surface area contributed by atoms with Crippen LogP contribution in [0.15, 0.2) is 11.6 Å². The molecule has 0 aromatic rings. The molecule has 0 rings (SSSR count). The lowest BCUT2D eigenvalue weighted by atomic mass is 10.2. The van der Waals surface area contributed by atoms with Gasteiger partial charge in [0, 0.05) is 0 Å². The summed E-state index contributed by atoms with van der Waals surface area (Å²) in [5, 5.41) is 8.88. The first-order chi connectivity index (χ1) is 3.68. The topological polar surface area (TPSA) is 20.2 Å². The number of aliphatic hydroxyl groups excluding tert-OH is 1. The number of hydrogen-bond acceptors (Lipinski definition) is 1. The Morgan fingerprint density at radius 3 is 2.38 bits per heavy atom. The fourth-order valence-electron chi connectivity index (χ4n) is 0.493. The van der Waals surface area contributed by atoms with Gasteiger partial charge >= 0.3 is 0 Å². The highest BCUT2D eigenvalue weighted by Crippen LogP contribution is 1.99. The molecule has 0 fully saturated rings. The first-order valence-electron chi connectivity index (χ1n) is 3.03. The molecule has 0 bridgehead atoms. The largest absolute Gasteiger partial charge is 0.389 e. The standard InChI is InChI=1S/C7H14O/c1-4-5-6(2)7(3)8/h5,7-8H,4H2,1-3H3/b6-5-/t7-/m1/s1. The quantitative estimate of drug-likeness (QED) is 0.542. The zero-order chi connectivity index (χ0) is 6.57. The average Bonchev–Trinajstić information content (AvgIpc) is 1.67. The van der Waals surface area contributed by atoms with E-state index in [2.05, 4.69) is 6.92 Å². The fourth-order valence-corrected chi connectivity index (χ4v) is 0.493. The van der Waals surface area contributed by atoms with E-state index in [9.17, 15) is 0 Å². The average molecular weight is 114 g/mol. The van der Waals surface area contributed by atoms with Gasteiger partial charge in [0.1, 0.15) is 0 Å². The summed E-state index contributed by atoms with van der Waals surface area (Å²) >= 11 is 0. The summed E-state index contributed by atoms with van der Waals surface area (Å²) in [6, 6.07) is 0. The molecule has 0 aliphatic heterocycles. The highest BCUT2D eigenvalue weighted by molar-refractivity contribution is 5.01.